The molecule has 2 fully saturated rings. The van der Waals surface area contributed by atoms with Crippen LogP contribution in [0.4, 0.5) is 0 Å². The smallest absolute Gasteiger partial charge is 0.252 e. The molecule has 29 heavy (non-hydrogen) atoms. The zero-order chi connectivity index (χ0) is 21.0. The van der Waals surface area contributed by atoms with Crippen molar-refractivity contribution >= 4 is 5.91 Å². The largest absolute Gasteiger partial charge is 0.497 e. The molecule has 3 rings (SSSR count). The molecule has 0 aromatic heterocycles. The van der Waals surface area contributed by atoms with Crippen LogP contribution in [0.3, 0.4) is 0 Å². The number of amides is 1. The Kier molecular flexibility index (Phi) is 7.16. The van der Waals surface area contributed by atoms with Crippen molar-refractivity contribution in [3.8, 4) is 5.75 Å². The lowest BCUT2D eigenvalue weighted by molar-refractivity contribution is -0.199. The average molecular weight is 408 g/mol. The standard InChI is InChI=1S/C22H33NO6/c1-14(2)23-21(26)22(29-13-16-5-4-6-17(9-16)27-3)10-18(24)20(25)19(11-22)28-12-15-7-8-15/h4-6,9,14-15,18-20,24-25H,7-8,10-13H2,1-3H3,(H,23,26)/t18-,19+,20-,22+/m1/s1. The fourth-order valence-electron chi connectivity index (χ4n) is 3.68. The molecule has 3 N–H and O–H groups in total. The van der Waals surface area contributed by atoms with Gasteiger partial charge in [-0.3, -0.25) is 4.79 Å². The zero-order valence-electron chi connectivity index (χ0n) is 17.5. The van der Waals surface area contributed by atoms with Crippen molar-refractivity contribution in [3.63, 3.8) is 0 Å². The fourth-order valence-corrected chi connectivity index (χ4v) is 3.68. The first-order valence-corrected chi connectivity index (χ1v) is 10.4. The Morgan fingerprint density at radius 2 is 2.03 bits per heavy atom. The molecule has 7 heteroatoms. The molecule has 0 heterocycles. The van der Waals surface area contributed by atoms with Crippen molar-refractivity contribution in [1.29, 1.82) is 0 Å². The third-order valence-electron chi connectivity index (χ3n) is 5.57. The average Bonchev–Trinajstić information content (AvgIpc) is 3.52. The van der Waals surface area contributed by atoms with E-state index in [-0.39, 0.29) is 31.4 Å². The van der Waals surface area contributed by atoms with Gasteiger partial charge in [-0.2, -0.15) is 0 Å². The number of hydrogen-bond donors (Lipinski definition) is 3. The number of benzene rings is 1. The predicted molar refractivity (Wildman–Crippen MR) is 108 cm³/mol. The van der Waals surface area contributed by atoms with E-state index in [1.165, 1.54) is 0 Å². The van der Waals surface area contributed by atoms with E-state index < -0.39 is 23.9 Å². The number of hydrogen-bond acceptors (Lipinski definition) is 6. The summed E-state index contributed by atoms with van der Waals surface area (Å²) >= 11 is 0. The second kappa shape index (κ2) is 9.43. The Bertz CT molecular complexity index is 692. The number of carbonyl (C=O) groups is 1. The molecule has 1 aromatic rings. The number of nitrogens with one attached hydrogen (secondary N) is 1. The maximum Gasteiger partial charge on any atom is 0.252 e. The molecule has 0 radical (unpaired) electrons. The van der Waals surface area contributed by atoms with Crippen LogP contribution >= 0.6 is 0 Å². The molecular formula is C22H33NO6. The van der Waals surface area contributed by atoms with Crippen LogP contribution in [-0.2, 0) is 20.9 Å². The molecule has 4 atom stereocenters. The van der Waals surface area contributed by atoms with Crippen LogP contribution in [0.25, 0.3) is 0 Å². The highest BCUT2D eigenvalue weighted by Gasteiger charge is 2.51. The minimum atomic E-state index is -1.28. The van der Waals surface area contributed by atoms with Gasteiger partial charge in [0.2, 0.25) is 0 Å². The van der Waals surface area contributed by atoms with Crippen LogP contribution in [-0.4, -0.2) is 59.8 Å². The predicted octanol–water partition coefficient (Wildman–Crippen LogP) is 1.79. The molecule has 0 aliphatic heterocycles. The van der Waals surface area contributed by atoms with Gasteiger partial charge in [-0.25, -0.2) is 0 Å². The topological polar surface area (TPSA) is 97.3 Å². The summed E-state index contributed by atoms with van der Waals surface area (Å²) in [6.45, 7) is 4.47. The van der Waals surface area contributed by atoms with Crippen molar-refractivity contribution in [3.05, 3.63) is 29.8 Å². The molecule has 1 aromatic carbocycles. The number of rotatable bonds is 9. The maximum atomic E-state index is 13.1. The first-order valence-electron chi connectivity index (χ1n) is 10.4. The number of carbonyl (C=O) groups excluding carboxylic acids is 1. The SMILES string of the molecule is COc1cccc(CO[C@@]2(C(=O)NC(C)C)C[C@@H](O)[C@@H](O)[C@@H](OCC3CC3)C2)c1. The molecule has 0 unspecified atom stereocenters. The highest BCUT2D eigenvalue weighted by Crippen LogP contribution is 2.37. The summed E-state index contributed by atoms with van der Waals surface area (Å²) < 4.78 is 17.3. The van der Waals surface area contributed by atoms with E-state index in [0.29, 0.717) is 18.3 Å². The van der Waals surface area contributed by atoms with Gasteiger partial charge in [-0.1, -0.05) is 12.1 Å². The van der Waals surface area contributed by atoms with E-state index in [1.807, 2.05) is 38.1 Å². The zero-order valence-corrected chi connectivity index (χ0v) is 17.5. The number of methoxy groups -OCH3 is 1. The summed E-state index contributed by atoms with van der Waals surface area (Å²) in [6, 6.07) is 7.37. The molecule has 0 saturated heterocycles. The Labute approximate surface area is 172 Å². The van der Waals surface area contributed by atoms with E-state index in [9.17, 15) is 15.0 Å². The van der Waals surface area contributed by atoms with Crippen molar-refractivity contribution in [1.82, 2.24) is 5.32 Å². The van der Waals surface area contributed by atoms with E-state index >= 15 is 0 Å². The Hall–Kier alpha value is -1.67. The summed E-state index contributed by atoms with van der Waals surface area (Å²) in [6.07, 6.45) is -0.332. The third-order valence-corrected chi connectivity index (χ3v) is 5.57. The summed E-state index contributed by atoms with van der Waals surface area (Å²) in [5.74, 6) is 0.927. The summed E-state index contributed by atoms with van der Waals surface area (Å²) in [4.78, 5) is 13.1. The molecule has 2 aliphatic carbocycles. The quantitative estimate of drug-likeness (QED) is 0.577. The molecule has 2 saturated carbocycles. The van der Waals surface area contributed by atoms with Gasteiger partial charge in [0.05, 0.1) is 25.9 Å². The van der Waals surface area contributed by atoms with Crippen LogP contribution in [0.15, 0.2) is 24.3 Å². The third kappa shape index (κ3) is 5.69. The number of aliphatic hydroxyl groups is 2. The van der Waals surface area contributed by atoms with Crippen molar-refractivity contribution in [2.75, 3.05) is 13.7 Å². The van der Waals surface area contributed by atoms with Gasteiger partial charge >= 0.3 is 0 Å². The van der Waals surface area contributed by atoms with Crippen LogP contribution in [0.5, 0.6) is 5.75 Å². The normalized spacial score (nSPS) is 29.7. The van der Waals surface area contributed by atoms with Crippen LogP contribution in [0.1, 0.15) is 45.1 Å². The maximum absolute atomic E-state index is 13.1. The first-order chi connectivity index (χ1) is 13.8. The van der Waals surface area contributed by atoms with Crippen LogP contribution in [0.2, 0.25) is 0 Å². The Balaban J connectivity index is 1.78. The minimum absolute atomic E-state index is 0.0139. The van der Waals surface area contributed by atoms with Crippen LogP contribution < -0.4 is 10.1 Å². The van der Waals surface area contributed by atoms with Crippen molar-refractivity contribution < 1.29 is 29.2 Å². The second-order valence-electron chi connectivity index (χ2n) is 8.54. The van der Waals surface area contributed by atoms with Gasteiger partial charge in [-0.05, 0) is 50.3 Å². The van der Waals surface area contributed by atoms with Gasteiger partial charge < -0.3 is 29.7 Å². The molecule has 0 spiro atoms. The molecule has 2 aliphatic rings. The van der Waals surface area contributed by atoms with Crippen LogP contribution in [0, 0.1) is 5.92 Å². The molecule has 0 bridgehead atoms. The first kappa shape index (κ1) is 22.0. The Morgan fingerprint density at radius 3 is 2.69 bits per heavy atom. The lowest BCUT2D eigenvalue weighted by atomic mass is 9.78. The highest BCUT2D eigenvalue weighted by molar-refractivity contribution is 5.85. The highest BCUT2D eigenvalue weighted by atomic mass is 16.5. The fraction of sp³-hybridized carbons (Fsp3) is 0.682. The molecular weight excluding hydrogens is 374 g/mol. The Morgan fingerprint density at radius 1 is 1.28 bits per heavy atom. The molecule has 1 amide bonds. The second-order valence-corrected chi connectivity index (χ2v) is 8.54. The van der Waals surface area contributed by atoms with E-state index in [0.717, 1.165) is 18.4 Å². The molecule has 162 valence electrons. The van der Waals surface area contributed by atoms with Gasteiger partial charge in [0.15, 0.2) is 5.60 Å². The van der Waals surface area contributed by atoms with Gasteiger partial charge in [-0.15, -0.1) is 0 Å². The van der Waals surface area contributed by atoms with Crippen molar-refractivity contribution in [2.45, 2.75) is 76.1 Å². The van der Waals surface area contributed by atoms with E-state index in [2.05, 4.69) is 5.32 Å². The lowest BCUT2D eigenvalue weighted by Gasteiger charge is -2.44. The van der Waals surface area contributed by atoms with Crippen molar-refractivity contribution in [2.24, 2.45) is 5.92 Å². The summed E-state index contributed by atoms with van der Waals surface area (Å²) in [5, 5.41) is 23.9. The minimum Gasteiger partial charge on any atom is -0.497 e. The number of aliphatic hydroxyl groups excluding tert-OH is 2. The van der Waals surface area contributed by atoms with Gasteiger partial charge in [0.25, 0.3) is 5.91 Å². The summed E-state index contributed by atoms with van der Waals surface area (Å²) in [5.41, 5.74) is -0.419. The number of ether oxygens (including phenoxy) is 3. The monoisotopic (exact) mass is 407 g/mol. The van der Waals surface area contributed by atoms with E-state index in [4.69, 9.17) is 14.2 Å². The van der Waals surface area contributed by atoms with E-state index in [1.54, 1.807) is 7.11 Å². The van der Waals surface area contributed by atoms with Gasteiger partial charge in [0, 0.05) is 25.5 Å². The van der Waals surface area contributed by atoms with Gasteiger partial charge in [0.1, 0.15) is 11.9 Å². The molecule has 7 nitrogen and oxygen atoms in total. The summed E-state index contributed by atoms with van der Waals surface area (Å²) in [7, 11) is 1.60. The lowest BCUT2D eigenvalue weighted by Crippen LogP contribution is -2.61.